The fraction of sp³-hybridized carbons (Fsp3) is 1.00. The van der Waals surface area contributed by atoms with E-state index in [9.17, 15) is 5.11 Å². The van der Waals surface area contributed by atoms with Gasteiger partial charge in [-0.1, -0.05) is 27.7 Å². The van der Waals surface area contributed by atoms with Gasteiger partial charge in [0.15, 0.2) is 0 Å². The third kappa shape index (κ3) is 8.85. The van der Waals surface area contributed by atoms with Gasteiger partial charge >= 0.3 is 0 Å². The summed E-state index contributed by atoms with van der Waals surface area (Å²) in [7, 11) is 0. The smallest absolute Gasteiger partial charge is 0.0754 e. The van der Waals surface area contributed by atoms with Crippen molar-refractivity contribution in [2.45, 2.75) is 45.5 Å². The summed E-state index contributed by atoms with van der Waals surface area (Å²) in [4.78, 5) is 0. The number of nitrogens with one attached hydrogen (secondary N) is 1. The van der Waals surface area contributed by atoms with Crippen molar-refractivity contribution in [1.82, 2.24) is 5.32 Å². The van der Waals surface area contributed by atoms with Crippen molar-refractivity contribution in [2.24, 2.45) is 5.92 Å². The molecule has 0 heterocycles. The second kappa shape index (κ2) is 8.57. The molecule has 0 aromatic heterocycles. The number of aliphatic hydroxyl groups excluding tert-OH is 1. The Morgan fingerprint density at radius 2 is 1.86 bits per heavy atom. The van der Waals surface area contributed by atoms with Crippen LogP contribution in [-0.2, 0) is 0 Å². The number of thioether (sulfide) groups is 1. The van der Waals surface area contributed by atoms with Gasteiger partial charge in [-0.05, 0) is 18.9 Å². The minimum Gasteiger partial charge on any atom is -0.391 e. The molecule has 0 saturated carbocycles. The fourth-order valence-electron chi connectivity index (χ4n) is 0.991. The van der Waals surface area contributed by atoms with Gasteiger partial charge in [-0.3, -0.25) is 0 Å². The first-order valence-corrected chi connectivity index (χ1v) is 6.61. The highest BCUT2D eigenvalue weighted by atomic mass is 32.2. The molecule has 0 saturated heterocycles. The van der Waals surface area contributed by atoms with Crippen LogP contribution in [0.3, 0.4) is 0 Å². The van der Waals surface area contributed by atoms with Crippen LogP contribution < -0.4 is 5.32 Å². The molecule has 2 unspecified atom stereocenters. The summed E-state index contributed by atoms with van der Waals surface area (Å²) < 4.78 is 0. The van der Waals surface area contributed by atoms with Crippen molar-refractivity contribution < 1.29 is 5.11 Å². The predicted molar refractivity (Wildman–Crippen MR) is 65.9 cm³/mol. The molecule has 0 radical (unpaired) electrons. The average Bonchev–Trinajstić information content (AvgIpc) is 2.13. The Hall–Kier alpha value is 0.270. The normalized spacial score (nSPS) is 15.9. The Bertz CT molecular complexity index is 130. The highest BCUT2D eigenvalue weighted by Gasteiger charge is 2.06. The summed E-state index contributed by atoms with van der Waals surface area (Å²) in [5, 5.41) is 13.5. The van der Waals surface area contributed by atoms with Gasteiger partial charge in [-0.15, -0.1) is 0 Å². The first kappa shape index (κ1) is 14.3. The lowest BCUT2D eigenvalue weighted by atomic mass is 10.2. The van der Waals surface area contributed by atoms with Crippen molar-refractivity contribution >= 4 is 11.8 Å². The average molecular weight is 219 g/mol. The topological polar surface area (TPSA) is 32.3 Å². The lowest BCUT2D eigenvalue weighted by Crippen LogP contribution is -2.31. The van der Waals surface area contributed by atoms with Gasteiger partial charge in [0.05, 0.1) is 6.10 Å². The van der Waals surface area contributed by atoms with Gasteiger partial charge in [0.25, 0.3) is 0 Å². The summed E-state index contributed by atoms with van der Waals surface area (Å²) in [6.45, 7) is 10.5. The second-order valence-electron chi connectivity index (χ2n) is 4.26. The maximum Gasteiger partial charge on any atom is 0.0754 e. The first-order chi connectivity index (χ1) is 6.56. The van der Waals surface area contributed by atoms with Crippen LogP contribution in [0, 0.1) is 5.92 Å². The van der Waals surface area contributed by atoms with E-state index in [1.807, 2.05) is 11.8 Å². The number of hydrogen-bond acceptors (Lipinski definition) is 3. The molecular formula is C11H25NOS. The van der Waals surface area contributed by atoms with Crippen LogP contribution in [0.5, 0.6) is 0 Å². The molecular weight excluding hydrogens is 194 g/mol. The zero-order valence-electron chi connectivity index (χ0n) is 9.92. The van der Waals surface area contributed by atoms with E-state index in [0.29, 0.717) is 11.2 Å². The van der Waals surface area contributed by atoms with Crippen LogP contribution >= 0.6 is 11.8 Å². The van der Waals surface area contributed by atoms with Crippen molar-refractivity contribution in [3.8, 4) is 0 Å². The molecule has 0 aromatic carbocycles. The minimum atomic E-state index is -0.201. The van der Waals surface area contributed by atoms with Crippen LogP contribution in [0.25, 0.3) is 0 Å². The van der Waals surface area contributed by atoms with Crippen molar-refractivity contribution in [2.75, 3.05) is 18.8 Å². The van der Waals surface area contributed by atoms with E-state index in [1.54, 1.807) is 0 Å². The van der Waals surface area contributed by atoms with E-state index in [1.165, 1.54) is 6.42 Å². The number of rotatable bonds is 8. The molecule has 2 atom stereocenters. The van der Waals surface area contributed by atoms with Crippen molar-refractivity contribution in [3.05, 3.63) is 0 Å². The Labute approximate surface area is 92.9 Å². The molecule has 2 N–H and O–H groups in total. The monoisotopic (exact) mass is 219 g/mol. The highest BCUT2D eigenvalue weighted by Crippen LogP contribution is 2.14. The van der Waals surface area contributed by atoms with Crippen LogP contribution in [0.4, 0.5) is 0 Å². The molecule has 0 fully saturated rings. The summed E-state index contributed by atoms with van der Waals surface area (Å²) in [6.07, 6.45) is 0.976. The molecule has 86 valence electrons. The molecule has 0 aliphatic heterocycles. The highest BCUT2D eigenvalue weighted by molar-refractivity contribution is 7.99. The van der Waals surface area contributed by atoms with Gasteiger partial charge in [0.1, 0.15) is 0 Å². The third-order valence-corrected chi connectivity index (χ3v) is 3.56. The summed E-state index contributed by atoms with van der Waals surface area (Å²) in [5.74, 6) is 1.50. The quantitative estimate of drug-likeness (QED) is 0.656. The molecule has 0 aliphatic rings. The number of hydrogen-bond donors (Lipinski definition) is 2. The molecule has 0 amide bonds. The third-order valence-electron chi connectivity index (χ3n) is 2.08. The lowest BCUT2D eigenvalue weighted by molar-refractivity contribution is 0.194. The summed E-state index contributed by atoms with van der Waals surface area (Å²) in [6, 6.07) is 0. The minimum absolute atomic E-state index is 0.201. The number of aliphatic hydroxyl groups is 1. The van der Waals surface area contributed by atoms with Gasteiger partial charge in [-0.25, -0.2) is 0 Å². The Kier molecular flexibility index (Phi) is 8.73. The first-order valence-electron chi connectivity index (χ1n) is 5.56. The molecule has 0 spiro atoms. The predicted octanol–water partition coefficient (Wildman–Crippen LogP) is 2.12. The van der Waals surface area contributed by atoms with E-state index in [0.717, 1.165) is 18.8 Å². The SMILES string of the molecule is CCC(C)SCC(O)CNCC(C)C. The van der Waals surface area contributed by atoms with E-state index >= 15 is 0 Å². The molecule has 14 heavy (non-hydrogen) atoms. The van der Waals surface area contributed by atoms with Gasteiger partial charge < -0.3 is 10.4 Å². The Balaban J connectivity index is 3.32. The Morgan fingerprint density at radius 1 is 1.21 bits per heavy atom. The van der Waals surface area contributed by atoms with Gasteiger partial charge in [0.2, 0.25) is 0 Å². The van der Waals surface area contributed by atoms with Crippen LogP contribution in [0.15, 0.2) is 0 Å². The molecule has 2 nitrogen and oxygen atoms in total. The Morgan fingerprint density at radius 3 is 2.36 bits per heavy atom. The molecule has 3 heteroatoms. The van der Waals surface area contributed by atoms with E-state index in [-0.39, 0.29) is 6.10 Å². The van der Waals surface area contributed by atoms with E-state index in [2.05, 4.69) is 33.0 Å². The standard InChI is InChI=1S/C11H25NOS/c1-5-10(4)14-8-11(13)7-12-6-9(2)3/h9-13H,5-8H2,1-4H3. The summed E-state index contributed by atoms with van der Waals surface area (Å²) >= 11 is 1.85. The lowest BCUT2D eigenvalue weighted by Gasteiger charge is -2.15. The molecule has 0 aromatic rings. The van der Waals surface area contributed by atoms with Gasteiger partial charge in [0, 0.05) is 17.5 Å². The molecule has 0 aliphatic carbocycles. The fourth-order valence-corrected chi connectivity index (χ4v) is 1.89. The largest absolute Gasteiger partial charge is 0.391 e. The molecule has 0 rings (SSSR count). The maximum atomic E-state index is 9.62. The van der Waals surface area contributed by atoms with Crippen LogP contribution in [0.1, 0.15) is 34.1 Å². The zero-order chi connectivity index (χ0) is 11.0. The van der Waals surface area contributed by atoms with Crippen LogP contribution in [-0.4, -0.2) is 35.3 Å². The van der Waals surface area contributed by atoms with E-state index in [4.69, 9.17) is 0 Å². The summed E-state index contributed by atoms with van der Waals surface area (Å²) in [5.41, 5.74) is 0. The van der Waals surface area contributed by atoms with Crippen LogP contribution in [0.2, 0.25) is 0 Å². The second-order valence-corrected chi connectivity index (χ2v) is 5.73. The van der Waals surface area contributed by atoms with E-state index < -0.39 is 0 Å². The zero-order valence-corrected chi connectivity index (χ0v) is 10.7. The van der Waals surface area contributed by atoms with Crippen molar-refractivity contribution in [3.63, 3.8) is 0 Å². The maximum absolute atomic E-state index is 9.62. The van der Waals surface area contributed by atoms with Crippen molar-refractivity contribution in [1.29, 1.82) is 0 Å². The molecule has 0 bridgehead atoms. The van der Waals surface area contributed by atoms with Gasteiger partial charge in [-0.2, -0.15) is 11.8 Å².